The zero-order valence-electron chi connectivity index (χ0n) is 32.7. The average molecular weight is 780 g/mol. The Hall–Kier alpha value is -8.42. The lowest BCUT2D eigenvalue weighted by Crippen LogP contribution is -1.98. The van der Waals surface area contributed by atoms with Crippen LogP contribution in [0.3, 0.4) is 0 Å². The van der Waals surface area contributed by atoms with Crippen molar-refractivity contribution in [2.45, 2.75) is 0 Å². The number of nitrogens with zero attached hydrogens (tertiary/aromatic N) is 7. The number of hydrogen-bond donors (Lipinski definition) is 0. The molecule has 0 aliphatic carbocycles. The molecule has 0 aliphatic rings. The molecule has 7 aromatic heterocycles. The topological polar surface area (TPSA) is 82.3 Å². The molecule has 0 aliphatic heterocycles. The molecule has 7 heteroatoms. The van der Waals surface area contributed by atoms with Gasteiger partial charge in [-0.25, -0.2) is 4.98 Å². The third-order valence-corrected chi connectivity index (χ3v) is 11.7. The molecule has 0 saturated heterocycles. The Bertz CT molecular complexity index is 3610. The van der Waals surface area contributed by atoms with Gasteiger partial charge in [0.25, 0.3) is 0 Å². The Morgan fingerprint density at radius 1 is 0.344 bits per heavy atom. The van der Waals surface area contributed by atoms with Crippen LogP contribution in [0.15, 0.2) is 201 Å². The summed E-state index contributed by atoms with van der Waals surface area (Å²) < 4.78 is 2.29. The predicted molar refractivity (Wildman–Crippen MR) is 247 cm³/mol. The Balaban J connectivity index is 1.04. The molecule has 5 aromatic carbocycles. The molecule has 0 radical (unpaired) electrons. The zero-order chi connectivity index (χ0) is 40.3. The zero-order valence-corrected chi connectivity index (χ0v) is 32.7. The average Bonchev–Trinajstić information content (AvgIpc) is 3.67. The summed E-state index contributed by atoms with van der Waals surface area (Å²) in [4.78, 5) is 29.0. The molecule has 7 heterocycles. The van der Waals surface area contributed by atoms with Crippen molar-refractivity contribution in [2.75, 3.05) is 0 Å². The molecule has 0 atom stereocenters. The molecule has 12 rings (SSSR count). The van der Waals surface area contributed by atoms with Crippen LogP contribution in [-0.2, 0) is 0 Å². The van der Waals surface area contributed by atoms with Gasteiger partial charge in [-0.1, -0.05) is 84.9 Å². The lowest BCUT2D eigenvalue weighted by Gasteiger charge is -2.13. The van der Waals surface area contributed by atoms with Gasteiger partial charge in [-0.3, -0.25) is 29.5 Å². The fourth-order valence-corrected chi connectivity index (χ4v) is 8.80. The molecule has 0 saturated carbocycles. The molecule has 0 bridgehead atoms. The molecule has 0 unspecified atom stereocenters. The van der Waals surface area contributed by atoms with Crippen LogP contribution in [0.25, 0.3) is 116 Å². The lowest BCUT2D eigenvalue weighted by molar-refractivity contribution is 1.08. The highest BCUT2D eigenvalue weighted by Gasteiger charge is 2.20. The van der Waals surface area contributed by atoms with Crippen molar-refractivity contribution in [1.82, 2.24) is 34.5 Å². The monoisotopic (exact) mass is 779 g/mol. The smallest absolute Gasteiger partial charge is 0.137 e. The molecule has 284 valence electrons. The summed E-state index contributed by atoms with van der Waals surface area (Å²) in [7, 11) is 0. The highest BCUT2D eigenvalue weighted by atomic mass is 15.1. The maximum Gasteiger partial charge on any atom is 0.137 e. The number of benzene rings is 5. The summed E-state index contributed by atoms with van der Waals surface area (Å²) in [6.45, 7) is 0. The number of hydrogen-bond acceptors (Lipinski definition) is 6. The van der Waals surface area contributed by atoms with Crippen molar-refractivity contribution in [2.24, 2.45) is 0 Å². The standard InChI is InChI=1S/C54H33N7/c1-3-11-41-34(8-1)23-26-56-52(41)39-15-19-48(58-32-39)36-17-21-50-46(28-36)47-29-45(49-20-16-40(33-59-49)53-42-12-4-2-9-35(42)24-27-57-53)43-13-5-6-14-44(43)54(47)61(50)51-22-18-38(31-60-51)37-10-7-25-55-30-37/h1-33H. The Kier molecular flexibility index (Phi) is 8.03. The third kappa shape index (κ3) is 5.82. The Morgan fingerprint density at radius 3 is 1.59 bits per heavy atom. The summed E-state index contributed by atoms with van der Waals surface area (Å²) in [5.74, 6) is 0.827. The normalized spacial score (nSPS) is 11.6. The van der Waals surface area contributed by atoms with Crippen molar-refractivity contribution in [3.8, 4) is 62.0 Å². The van der Waals surface area contributed by atoms with Crippen molar-refractivity contribution in [3.63, 3.8) is 0 Å². The molecule has 0 spiro atoms. The van der Waals surface area contributed by atoms with Crippen LogP contribution in [0, 0.1) is 0 Å². The van der Waals surface area contributed by atoms with E-state index in [0.29, 0.717) is 0 Å². The largest absolute Gasteiger partial charge is 0.293 e. The minimum Gasteiger partial charge on any atom is -0.293 e. The van der Waals surface area contributed by atoms with Crippen LogP contribution in [-0.4, -0.2) is 34.5 Å². The van der Waals surface area contributed by atoms with E-state index in [-0.39, 0.29) is 0 Å². The van der Waals surface area contributed by atoms with E-state index in [9.17, 15) is 0 Å². The number of fused-ring (bicyclic) bond motifs is 7. The number of aromatic nitrogens is 7. The quantitative estimate of drug-likeness (QED) is 0.167. The second-order valence-corrected chi connectivity index (χ2v) is 15.2. The summed E-state index contributed by atoms with van der Waals surface area (Å²) in [5.41, 5.74) is 11.8. The van der Waals surface area contributed by atoms with Gasteiger partial charge in [0.1, 0.15) is 5.82 Å². The maximum atomic E-state index is 5.11. The van der Waals surface area contributed by atoms with Crippen LogP contribution in [0.5, 0.6) is 0 Å². The lowest BCUT2D eigenvalue weighted by atomic mass is 9.96. The number of pyridine rings is 6. The van der Waals surface area contributed by atoms with Gasteiger partial charge in [0, 0.05) is 104 Å². The van der Waals surface area contributed by atoms with E-state index in [0.717, 1.165) is 116 Å². The van der Waals surface area contributed by atoms with Crippen LogP contribution < -0.4 is 0 Å². The van der Waals surface area contributed by atoms with E-state index in [1.165, 1.54) is 0 Å². The van der Waals surface area contributed by atoms with Gasteiger partial charge in [0.2, 0.25) is 0 Å². The molecule has 0 N–H and O–H groups in total. The van der Waals surface area contributed by atoms with E-state index in [1.807, 2.05) is 55.4 Å². The summed E-state index contributed by atoms with van der Waals surface area (Å²) in [6, 6.07) is 55.0. The predicted octanol–water partition coefficient (Wildman–Crippen LogP) is 12.9. The van der Waals surface area contributed by atoms with Crippen LogP contribution in [0.4, 0.5) is 0 Å². The highest BCUT2D eigenvalue weighted by Crippen LogP contribution is 2.42. The fraction of sp³-hybridized carbons (Fsp3) is 0. The second kappa shape index (κ2) is 14.1. The maximum absolute atomic E-state index is 5.11. The molecule has 12 aromatic rings. The highest BCUT2D eigenvalue weighted by molar-refractivity contribution is 6.22. The second-order valence-electron chi connectivity index (χ2n) is 15.2. The molecule has 61 heavy (non-hydrogen) atoms. The molecule has 7 nitrogen and oxygen atoms in total. The van der Waals surface area contributed by atoms with Gasteiger partial charge in [-0.2, -0.15) is 0 Å². The van der Waals surface area contributed by atoms with Gasteiger partial charge < -0.3 is 0 Å². The van der Waals surface area contributed by atoms with E-state index < -0.39 is 0 Å². The van der Waals surface area contributed by atoms with Gasteiger partial charge in [-0.05, 0) is 89.0 Å². The summed E-state index contributed by atoms with van der Waals surface area (Å²) >= 11 is 0. The van der Waals surface area contributed by atoms with E-state index in [2.05, 4.69) is 149 Å². The SMILES string of the molecule is c1cncc(-c2ccc(-n3c4ccc(-c5ccc(-c6nccc7ccccc67)cn5)cc4c4cc(-c5ccc(-c6nccc7ccccc67)cn5)c5ccccc5c43)nc2)c1. The van der Waals surface area contributed by atoms with E-state index in [4.69, 9.17) is 24.9 Å². The van der Waals surface area contributed by atoms with Gasteiger partial charge >= 0.3 is 0 Å². The van der Waals surface area contributed by atoms with Crippen LogP contribution >= 0.6 is 0 Å². The van der Waals surface area contributed by atoms with Crippen molar-refractivity contribution in [3.05, 3.63) is 201 Å². The minimum atomic E-state index is 0.827. The molecular formula is C54H33N7. The van der Waals surface area contributed by atoms with Gasteiger partial charge in [0.15, 0.2) is 0 Å². The first kappa shape index (κ1) is 34.6. The molecular weight excluding hydrogens is 747 g/mol. The third-order valence-electron chi connectivity index (χ3n) is 11.7. The summed E-state index contributed by atoms with van der Waals surface area (Å²) in [5, 5.41) is 8.92. The van der Waals surface area contributed by atoms with Gasteiger partial charge in [-0.15, -0.1) is 0 Å². The van der Waals surface area contributed by atoms with Crippen molar-refractivity contribution in [1.29, 1.82) is 0 Å². The van der Waals surface area contributed by atoms with Crippen LogP contribution in [0.1, 0.15) is 0 Å². The minimum absolute atomic E-state index is 0.827. The molecule has 0 amide bonds. The first-order valence-electron chi connectivity index (χ1n) is 20.2. The van der Waals surface area contributed by atoms with Gasteiger partial charge in [0.05, 0.1) is 33.8 Å². The first-order chi connectivity index (χ1) is 30.2. The summed E-state index contributed by atoms with van der Waals surface area (Å²) in [6.07, 6.45) is 13.2. The van der Waals surface area contributed by atoms with Crippen molar-refractivity contribution < 1.29 is 0 Å². The Morgan fingerprint density at radius 2 is 0.951 bits per heavy atom. The number of rotatable bonds is 6. The van der Waals surface area contributed by atoms with E-state index >= 15 is 0 Å². The fourth-order valence-electron chi connectivity index (χ4n) is 8.80. The van der Waals surface area contributed by atoms with E-state index in [1.54, 1.807) is 6.20 Å². The first-order valence-corrected chi connectivity index (χ1v) is 20.2. The van der Waals surface area contributed by atoms with Crippen LogP contribution in [0.2, 0.25) is 0 Å². The molecule has 0 fully saturated rings. The van der Waals surface area contributed by atoms with Crippen molar-refractivity contribution >= 4 is 54.1 Å². The Labute approximate surface area is 350 Å².